The first-order valence-corrected chi connectivity index (χ1v) is 9.30. The van der Waals surface area contributed by atoms with Crippen LogP contribution in [0.3, 0.4) is 0 Å². The van der Waals surface area contributed by atoms with Gasteiger partial charge in [0.2, 0.25) is 0 Å². The van der Waals surface area contributed by atoms with E-state index in [4.69, 9.17) is 9.47 Å². The molecule has 1 heterocycles. The largest absolute Gasteiger partial charge is 0.508 e. The van der Waals surface area contributed by atoms with Gasteiger partial charge in [0.1, 0.15) is 18.1 Å². The zero-order valence-electron chi connectivity index (χ0n) is 15.8. The minimum absolute atomic E-state index is 0.150. The molecule has 1 aromatic carbocycles. The van der Waals surface area contributed by atoms with E-state index >= 15 is 0 Å². The maximum absolute atomic E-state index is 12.0. The summed E-state index contributed by atoms with van der Waals surface area (Å²) in [6, 6.07) is 1.78. The Morgan fingerprint density at radius 1 is 1.27 bits per heavy atom. The molecule has 4 rings (SSSR count). The van der Waals surface area contributed by atoms with Crippen molar-refractivity contribution < 1.29 is 24.5 Å². The van der Waals surface area contributed by atoms with Crippen molar-refractivity contribution in [3.63, 3.8) is 0 Å². The van der Waals surface area contributed by atoms with Crippen LogP contribution in [0.2, 0.25) is 0 Å². The van der Waals surface area contributed by atoms with E-state index in [1.165, 1.54) is 0 Å². The van der Waals surface area contributed by atoms with Crippen LogP contribution in [0.1, 0.15) is 62.6 Å². The number of ether oxygens (including phenoxy) is 2. The molecule has 0 spiro atoms. The number of fused-ring (bicyclic) bond motifs is 4. The molecule has 5 nitrogen and oxygen atoms in total. The highest BCUT2D eigenvalue weighted by molar-refractivity contribution is 5.93. The number of esters is 1. The van der Waals surface area contributed by atoms with Crippen molar-refractivity contribution in [2.75, 3.05) is 13.7 Å². The third-order valence-corrected chi connectivity index (χ3v) is 6.75. The molecule has 3 aliphatic rings. The molecule has 1 aromatic rings. The molecule has 0 saturated heterocycles. The van der Waals surface area contributed by atoms with Gasteiger partial charge in [0.15, 0.2) is 0 Å². The molecule has 0 unspecified atom stereocenters. The van der Waals surface area contributed by atoms with Gasteiger partial charge in [-0.05, 0) is 37.7 Å². The zero-order chi connectivity index (χ0) is 18.9. The third-order valence-electron chi connectivity index (χ3n) is 6.75. The van der Waals surface area contributed by atoms with E-state index in [-0.39, 0.29) is 24.2 Å². The van der Waals surface area contributed by atoms with Crippen molar-refractivity contribution in [3.05, 3.63) is 33.9 Å². The first kappa shape index (κ1) is 17.4. The molecular formula is C21H26O5. The molecule has 0 saturated carbocycles. The first-order valence-electron chi connectivity index (χ1n) is 9.30. The summed E-state index contributed by atoms with van der Waals surface area (Å²) >= 11 is 0. The lowest BCUT2D eigenvalue weighted by atomic mass is 9.53. The Bertz CT molecular complexity index is 837. The van der Waals surface area contributed by atoms with Crippen LogP contribution in [0.25, 0.3) is 0 Å². The van der Waals surface area contributed by atoms with Crippen molar-refractivity contribution >= 4 is 5.97 Å². The lowest BCUT2D eigenvalue weighted by Gasteiger charge is -2.53. The minimum atomic E-state index is -1.18. The van der Waals surface area contributed by atoms with Crippen molar-refractivity contribution in [2.24, 2.45) is 0 Å². The maximum Gasteiger partial charge on any atom is 0.334 e. The van der Waals surface area contributed by atoms with Crippen LogP contribution >= 0.6 is 0 Å². The van der Waals surface area contributed by atoms with Gasteiger partial charge in [0, 0.05) is 33.3 Å². The average Bonchev–Trinajstić information content (AvgIpc) is 2.97. The van der Waals surface area contributed by atoms with Gasteiger partial charge in [0.05, 0.1) is 12.7 Å². The summed E-state index contributed by atoms with van der Waals surface area (Å²) in [6.07, 6.45) is 2.22. The van der Waals surface area contributed by atoms with E-state index in [1.54, 1.807) is 13.2 Å². The molecule has 140 valence electrons. The average molecular weight is 358 g/mol. The predicted octanol–water partition coefficient (Wildman–Crippen LogP) is 3.11. The summed E-state index contributed by atoms with van der Waals surface area (Å²) in [5.74, 6) is 0.934. The number of aromatic hydroxyl groups is 1. The van der Waals surface area contributed by atoms with Gasteiger partial charge < -0.3 is 19.7 Å². The number of phenolic OH excluding ortho intramolecular Hbond substituents is 1. The fraction of sp³-hybridized carbons (Fsp3) is 0.571. The monoisotopic (exact) mass is 358 g/mol. The lowest BCUT2D eigenvalue weighted by Crippen LogP contribution is -2.56. The number of carbonyl (C=O) groups is 1. The molecule has 1 aliphatic heterocycles. The van der Waals surface area contributed by atoms with E-state index in [2.05, 4.69) is 13.8 Å². The van der Waals surface area contributed by atoms with E-state index in [1.807, 2.05) is 6.92 Å². The maximum atomic E-state index is 12.0. The first-order chi connectivity index (χ1) is 12.2. The second-order valence-electron chi connectivity index (χ2n) is 8.25. The highest BCUT2D eigenvalue weighted by atomic mass is 16.5. The van der Waals surface area contributed by atoms with Gasteiger partial charge in [0.25, 0.3) is 0 Å². The highest BCUT2D eigenvalue weighted by Crippen LogP contribution is 2.59. The number of hydrogen-bond acceptors (Lipinski definition) is 5. The van der Waals surface area contributed by atoms with Crippen LogP contribution in [0.4, 0.5) is 0 Å². The number of benzene rings is 1. The van der Waals surface area contributed by atoms with Crippen LogP contribution in [-0.4, -0.2) is 35.5 Å². The smallest absolute Gasteiger partial charge is 0.334 e. The molecule has 0 amide bonds. The number of methoxy groups -OCH3 is 1. The van der Waals surface area contributed by atoms with E-state index in [0.717, 1.165) is 22.4 Å². The van der Waals surface area contributed by atoms with E-state index in [9.17, 15) is 15.0 Å². The third kappa shape index (κ3) is 1.98. The van der Waals surface area contributed by atoms with Crippen LogP contribution in [0, 0.1) is 0 Å². The Kier molecular flexibility index (Phi) is 3.68. The predicted molar refractivity (Wildman–Crippen MR) is 96.6 cm³/mol. The Morgan fingerprint density at radius 3 is 2.65 bits per heavy atom. The van der Waals surface area contributed by atoms with Crippen molar-refractivity contribution in [2.45, 2.75) is 63.4 Å². The highest BCUT2D eigenvalue weighted by Gasteiger charge is 2.59. The number of hydrogen-bond donors (Lipinski definition) is 2. The molecule has 0 radical (unpaired) electrons. The van der Waals surface area contributed by atoms with Crippen molar-refractivity contribution in [3.8, 4) is 11.5 Å². The molecule has 2 N–H and O–H groups in total. The fourth-order valence-electron chi connectivity index (χ4n) is 5.29. The standard InChI is InChI=1S/C21H26O5/c1-11(2)14-9-16(22)17-13(18(14)25-4)6-8-21(24)15-10-26-19(23)12(15)5-7-20(17,21)3/h9,11,22,24H,5-8,10H2,1-4H3/t20-,21+/m0/s1. The van der Waals surface area contributed by atoms with Crippen LogP contribution in [0.5, 0.6) is 11.5 Å². The van der Waals surface area contributed by atoms with E-state index in [0.29, 0.717) is 36.8 Å². The van der Waals surface area contributed by atoms with Crippen LogP contribution in [-0.2, 0) is 21.4 Å². The zero-order valence-corrected chi connectivity index (χ0v) is 15.8. The van der Waals surface area contributed by atoms with Gasteiger partial charge >= 0.3 is 5.97 Å². The van der Waals surface area contributed by atoms with Gasteiger partial charge in [-0.1, -0.05) is 20.8 Å². The summed E-state index contributed by atoms with van der Waals surface area (Å²) in [6.45, 7) is 6.29. The summed E-state index contributed by atoms with van der Waals surface area (Å²) in [4.78, 5) is 12.0. The number of aliphatic hydroxyl groups is 1. The number of rotatable bonds is 2. The molecule has 26 heavy (non-hydrogen) atoms. The summed E-state index contributed by atoms with van der Waals surface area (Å²) in [5, 5.41) is 22.6. The summed E-state index contributed by atoms with van der Waals surface area (Å²) in [7, 11) is 1.66. The molecule has 5 heteroatoms. The second kappa shape index (κ2) is 5.49. The molecule has 0 fully saturated rings. The number of carbonyl (C=O) groups excluding carboxylic acids is 1. The van der Waals surface area contributed by atoms with Crippen molar-refractivity contribution in [1.82, 2.24) is 0 Å². The second-order valence-corrected chi connectivity index (χ2v) is 8.25. The van der Waals surface area contributed by atoms with Gasteiger partial charge in [-0.3, -0.25) is 0 Å². The molecule has 2 atom stereocenters. The lowest BCUT2D eigenvalue weighted by molar-refractivity contribution is -0.136. The quantitative estimate of drug-likeness (QED) is 0.795. The van der Waals surface area contributed by atoms with Gasteiger partial charge in [-0.2, -0.15) is 0 Å². The Morgan fingerprint density at radius 2 is 2.00 bits per heavy atom. The summed E-state index contributed by atoms with van der Waals surface area (Å²) in [5.41, 5.74) is 2.19. The molecule has 2 aliphatic carbocycles. The minimum Gasteiger partial charge on any atom is -0.508 e. The SMILES string of the molecule is COc1c(C(C)C)cc(O)c2c1CC[C@@]1(O)C3=C(CC[C@@]21C)C(=O)OC3. The normalized spacial score (nSPS) is 30.0. The Balaban J connectivity index is 1.96. The summed E-state index contributed by atoms with van der Waals surface area (Å²) < 4.78 is 11.0. The Labute approximate surface area is 153 Å². The Hall–Kier alpha value is -2.01. The van der Waals surface area contributed by atoms with Gasteiger partial charge in [-0.15, -0.1) is 0 Å². The number of cyclic esters (lactones) is 1. The molecule has 0 aromatic heterocycles. The van der Waals surface area contributed by atoms with Crippen LogP contribution < -0.4 is 4.74 Å². The number of phenols is 1. The van der Waals surface area contributed by atoms with Crippen molar-refractivity contribution in [1.29, 1.82) is 0 Å². The van der Waals surface area contributed by atoms with Gasteiger partial charge in [-0.25, -0.2) is 4.79 Å². The topological polar surface area (TPSA) is 76.0 Å². The molecular weight excluding hydrogens is 332 g/mol. The fourth-order valence-corrected chi connectivity index (χ4v) is 5.29. The molecule has 0 bridgehead atoms. The van der Waals surface area contributed by atoms with Crippen LogP contribution in [0.15, 0.2) is 17.2 Å². The van der Waals surface area contributed by atoms with E-state index < -0.39 is 11.0 Å².